The molecule has 4 heteroatoms. The maximum atomic E-state index is 6.03. The van der Waals surface area contributed by atoms with Gasteiger partial charge in [-0.05, 0) is 33.2 Å². The summed E-state index contributed by atoms with van der Waals surface area (Å²) in [7, 11) is 0. The predicted octanol–water partition coefficient (Wildman–Crippen LogP) is 1.68. The Morgan fingerprint density at radius 3 is 3.06 bits per heavy atom. The van der Waals surface area contributed by atoms with Crippen LogP contribution in [0.4, 0.5) is 0 Å². The predicted molar refractivity (Wildman–Crippen MR) is 62.9 cm³/mol. The zero-order chi connectivity index (χ0) is 11.5. The first kappa shape index (κ1) is 11.6. The molecule has 0 spiro atoms. The van der Waals surface area contributed by atoms with Crippen molar-refractivity contribution in [2.75, 3.05) is 6.54 Å². The van der Waals surface area contributed by atoms with E-state index >= 15 is 0 Å². The minimum absolute atomic E-state index is 0.230. The number of nitrogens with two attached hydrogens (primary N) is 1. The quantitative estimate of drug-likeness (QED) is 0.847. The molecule has 0 amide bonds. The fourth-order valence-electron chi connectivity index (χ4n) is 2.51. The Balaban J connectivity index is 2.01. The van der Waals surface area contributed by atoms with Gasteiger partial charge in [0.25, 0.3) is 0 Å². The van der Waals surface area contributed by atoms with Crippen molar-refractivity contribution in [3.8, 4) is 0 Å². The van der Waals surface area contributed by atoms with E-state index in [0.717, 1.165) is 24.5 Å². The lowest BCUT2D eigenvalue weighted by atomic mass is 9.97. The van der Waals surface area contributed by atoms with Crippen LogP contribution in [0.1, 0.15) is 37.6 Å². The molecule has 2 heterocycles. The topological polar surface area (TPSA) is 55.3 Å². The van der Waals surface area contributed by atoms with Gasteiger partial charge in [0.05, 0.1) is 5.69 Å². The smallest absolute Gasteiger partial charge is 0.133 e. The van der Waals surface area contributed by atoms with E-state index in [2.05, 4.69) is 17.0 Å². The molecule has 1 aliphatic heterocycles. The van der Waals surface area contributed by atoms with Crippen LogP contribution >= 0.6 is 0 Å². The Labute approximate surface area is 96.8 Å². The van der Waals surface area contributed by atoms with E-state index in [9.17, 15) is 0 Å². The summed E-state index contributed by atoms with van der Waals surface area (Å²) in [4.78, 5) is 2.44. The lowest BCUT2D eigenvalue weighted by molar-refractivity contribution is 0.120. The molecule has 2 atom stereocenters. The number of hydrogen-bond acceptors (Lipinski definition) is 4. The van der Waals surface area contributed by atoms with Crippen molar-refractivity contribution in [2.45, 2.75) is 51.7 Å². The third-order valence-corrected chi connectivity index (χ3v) is 3.31. The minimum atomic E-state index is 0.230. The maximum Gasteiger partial charge on any atom is 0.133 e. The van der Waals surface area contributed by atoms with Crippen molar-refractivity contribution in [1.29, 1.82) is 0 Å². The second-order valence-corrected chi connectivity index (χ2v) is 4.82. The fraction of sp³-hybridized carbons (Fsp3) is 0.750. The Hall–Kier alpha value is -0.870. The van der Waals surface area contributed by atoms with Crippen molar-refractivity contribution >= 4 is 0 Å². The van der Waals surface area contributed by atoms with Gasteiger partial charge in [-0.25, -0.2) is 0 Å². The molecule has 16 heavy (non-hydrogen) atoms. The highest BCUT2D eigenvalue weighted by atomic mass is 16.5. The van der Waals surface area contributed by atoms with E-state index in [1.807, 2.05) is 13.0 Å². The molecule has 2 N–H and O–H groups in total. The Bertz CT molecular complexity index is 335. The summed E-state index contributed by atoms with van der Waals surface area (Å²) < 4.78 is 5.09. The molecular weight excluding hydrogens is 202 g/mol. The third-order valence-electron chi connectivity index (χ3n) is 3.31. The number of hydrogen-bond donors (Lipinski definition) is 1. The zero-order valence-electron chi connectivity index (χ0n) is 10.1. The lowest BCUT2D eigenvalue weighted by Gasteiger charge is -2.37. The van der Waals surface area contributed by atoms with Crippen LogP contribution in [0.3, 0.4) is 0 Å². The third kappa shape index (κ3) is 2.62. The molecule has 0 aromatic carbocycles. The Morgan fingerprint density at radius 1 is 1.62 bits per heavy atom. The van der Waals surface area contributed by atoms with Crippen molar-refractivity contribution in [3.63, 3.8) is 0 Å². The molecule has 0 aliphatic carbocycles. The minimum Gasteiger partial charge on any atom is -0.361 e. The summed E-state index contributed by atoms with van der Waals surface area (Å²) in [6.45, 7) is 6.01. The number of nitrogens with zero attached hydrogens (tertiary/aromatic N) is 2. The van der Waals surface area contributed by atoms with E-state index in [4.69, 9.17) is 10.3 Å². The highest BCUT2D eigenvalue weighted by Crippen LogP contribution is 2.21. The number of piperidine rings is 1. The summed E-state index contributed by atoms with van der Waals surface area (Å²) in [5.41, 5.74) is 7.05. The summed E-state index contributed by atoms with van der Waals surface area (Å²) in [6.07, 6.45) is 3.76. The Morgan fingerprint density at radius 2 is 2.44 bits per heavy atom. The molecule has 4 nitrogen and oxygen atoms in total. The van der Waals surface area contributed by atoms with Gasteiger partial charge in [-0.3, -0.25) is 4.90 Å². The van der Waals surface area contributed by atoms with Gasteiger partial charge in [0.1, 0.15) is 5.76 Å². The van der Waals surface area contributed by atoms with Gasteiger partial charge < -0.3 is 10.3 Å². The average molecular weight is 223 g/mol. The first-order chi connectivity index (χ1) is 7.66. The van der Waals surface area contributed by atoms with E-state index in [0.29, 0.717) is 6.04 Å². The summed E-state index contributed by atoms with van der Waals surface area (Å²) >= 11 is 0. The number of rotatable bonds is 3. The molecule has 0 bridgehead atoms. The largest absolute Gasteiger partial charge is 0.361 e. The highest BCUT2D eigenvalue weighted by Gasteiger charge is 2.25. The van der Waals surface area contributed by atoms with Crippen molar-refractivity contribution in [3.05, 3.63) is 17.5 Å². The number of aryl methyl sites for hydroxylation is 1. The van der Waals surface area contributed by atoms with Gasteiger partial charge in [-0.15, -0.1) is 0 Å². The molecule has 2 rings (SSSR count). The van der Waals surface area contributed by atoms with Crippen LogP contribution < -0.4 is 5.73 Å². The number of likely N-dealkylation sites (tertiary alicyclic amines) is 1. The van der Waals surface area contributed by atoms with E-state index in [-0.39, 0.29) is 6.04 Å². The molecule has 1 fully saturated rings. The van der Waals surface area contributed by atoms with Crippen molar-refractivity contribution < 1.29 is 4.52 Å². The first-order valence-electron chi connectivity index (χ1n) is 6.08. The molecule has 1 aliphatic rings. The Kier molecular flexibility index (Phi) is 3.61. The first-order valence-corrected chi connectivity index (χ1v) is 6.08. The second kappa shape index (κ2) is 4.97. The maximum absolute atomic E-state index is 6.03. The molecular formula is C12H21N3O. The van der Waals surface area contributed by atoms with Crippen molar-refractivity contribution in [2.24, 2.45) is 5.73 Å². The zero-order valence-corrected chi connectivity index (χ0v) is 10.1. The SMILES string of the molecule is Cc1cc(CN2CCCCC2C(C)N)no1. The van der Waals surface area contributed by atoms with Gasteiger partial charge in [-0.2, -0.15) is 0 Å². The van der Waals surface area contributed by atoms with Gasteiger partial charge in [0, 0.05) is 24.7 Å². The molecule has 0 radical (unpaired) electrons. The lowest BCUT2D eigenvalue weighted by Crippen LogP contribution is -2.48. The summed E-state index contributed by atoms with van der Waals surface area (Å²) in [6, 6.07) is 2.73. The van der Waals surface area contributed by atoms with Crippen LogP contribution in [0.2, 0.25) is 0 Å². The highest BCUT2D eigenvalue weighted by molar-refractivity contribution is 5.04. The van der Waals surface area contributed by atoms with Crippen LogP contribution in [0.25, 0.3) is 0 Å². The van der Waals surface area contributed by atoms with Gasteiger partial charge >= 0.3 is 0 Å². The summed E-state index contributed by atoms with van der Waals surface area (Å²) in [5, 5.41) is 4.05. The molecule has 90 valence electrons. The summed E-state index contributed by atoms with van der Waals surface area (Å²) in [5.74, 6) is 0.879. The normalized spacial score (nSPS) is 24.6. The van der Waals surface area contributed by atoms with Crippen LogP contribution in [0.5, 0.6) is 0 Å². The molecule has 1 saturated heterocycles. The van der Waals surface area contributed by atoms with Gasteiger partial charge in [0.15, 0.2) is 0 Å². The standard InChI is InChI=1S/C12H21N3O/c1-9-7-11(14-16-9)8-15-6-4-3-5-12(15)10(2)13/h7,10,12H,3-6,8,13H2,1-2H3. The average Bonchev–Trinajstić information content (AvgIpc) is 2.64. The second-order valence-electron chi connectivity index (χ2n) is 4.82. The van der Waals surface area contributed by atoms with E-state index in [1.165, 1.54) is 19.3 Å². The van der Waals surface area contributed by atoms with Crippen LogP contribution in [-0.2, 0) is 6.54 Å². The molecule has 0 saturated carbocycles. The van der Waals surface area contributed by atoms with Crippen LogP contribution in [0, 0.1) is 6.92 Å². The van der Waals surface area contributed by atoms with Crippen molar-refractivity contribution in [1.82, 2.24) is 10.1 Å². The van der Waals surface area contributed by atoms with E-state index in [1.54, 1.807) is 0 Å². The molecule has 1 aromatic rings. The van der Waals surface area contributed by atoms with E-state index < -0.39 is 0 Å². The van der Waals surface area contributed by atoms with Gasteiger partial charge in [0.2, 0.25) is 0 Å². The monoisotopic (exact) mass is 223 g/mol. The molecule has 1 aromatic heterocycles. The van der Waals surface area contributed by atoms with Crippen LogP contribution in [-0.4, -0.2) is 28.7 Å². The number of aromatic nitrogens is 1. The van der Waals surface area contributed by atoms with Crippen LogP contribution in [0.15, 0.2) is 10.6 Å². The van der Waals surface area contributed by atoms with Gasteiger partial charge in [-0.1, -0.05) is 11.6 Å². The molecule has 2 unspecified atom stereocenters. The fourth-order valence-corrected chi connectivity index (χ4v) is 2.51.